The third-order valence-corrected chi connectivity index (χ3v) is 5.67. The molecule has 0 aliphatic rings. The Labute approximate surface area is 200 Å². The fourth-order valence-corrected chi connectivity index (χ4v) is 3.69. The second-order valence-corrected chi connectivity index (χ2v) is 8.48. The van der Waals surface area contributed by atoms with E-state index in [1.807, 2.05) is 0 Å². The van der Waals surface area contributed by atoms with Crippen molar-refractivity contribution >= 4 is 11.8 Å². The summed E-state index contributed by atoms with van der Waals surface area (Å²) in [5, 5.41) is 18.0. The van der Waals surface area contributed by atoms with Crippen molar-refractivity contribution in [1.82, 2.24) is 24.9 Å². The van der Waals surface area contributed by atoms with Gasteiger partial charge in [0.1, 0.15) is 23.5 Å². The van der Waals surface area contributed by atoms with Crippen LogP contribution < -0.4 is 4.90 Å². The highest BCUT2D eigenvalue weighted by atomic mass is 19.1. The van der Waals surface area contributed by atoms with Crippen LogP contribution in [0.25, 0.3) is 22.9 Å². The first kappa shape index (κ1) is 24.0. The summed E-state index contributed by atoms with van der Waals surface area (Å²) in [5.41, 5.74) is 1.74. The molecule has 4 aromatic rings. The number of hydrogen-bond acceptors (Lipinski definition) is 7. The van der Waals surface area contributed by atoms with Gasteiger partial charge in [0.05, 0.1) is 24.4 Å². The predicted octanol–water partition coefficient (Wildman–Crippen LogP) is 4.11. The molecule has 9 nitrogen and oxygen atoms in total. The van der Waals surface area contributed by atoms with Crippen molar-refractivity contribution in [2.45, 2.75) is 20.4 Å². The fraction of sp³-hybridized carbons (Fsp3) is 0.292. The van der Waals surface area contributed by atoms with Crippen LogP contribution in [0.2, 0.25) is 0 Å². The molecule has 0 saturated heterocycles. The highest BCUT2D eigenvalue weighted by molar-refractivity contribution is 5.71. The van der Waals surface area contributed by atoms with Gasteiger partial charge in [-0.15, -0.1) is 0 Å². The molecule has 182 valence electrons. The van der Waals surface area contributed by atoms with E-state index in [9.17, 15) is 18.7 Å². The molecule has 35 heavy (non-hydrogen) atoms. The van der Waals surface area contributed by atoms with Crippen LogP contribution in [0.3, 0.4) is 0 Å². The maximum Gasteiger partial charge on any atom is 0.308 e. The Morgan fingerprint density at radius 2 is 1.94 bits per heavy atom. The molecule has 0 bridgehead atoms. The minimum atomic E-state index is -0.967. The zero-order valence-electron chi connectivity index (χ0n) is 19.4. The molecule has 0 amide bonds. The number of aromatic nitrogens is 5. The van der Waals surface area contributed by atoms with E-state index in [-0.39, 0.29) is 36.5 Å². The summed E-state index contributed by atoms with van der Waals surface area (Å²) in [5.74, 6) is -2.82. The van der Waals surface area contributed by atoms with E-state index >= 15 is 0 Å². The van der Waals surface area contributed by atoms with E-state index in [2.05, 4.69) is 20.2 Å². The van der Waals surface area contributed by atoms with Gasteiger partial charge in [-0.25, -0.2) is 18.7 Å². The zero-order valence-corrected chi connectivity index (χ0v) is 19.4. The Morgan fingerprint density at radius 3 is 2.60 bits per heavy atom. The van der Waals surface area contributed by atoms with Crippen molar-refractivity contribution in [3.8, 4) is 22.9 Å². The number of nitrogens with zero attached hydrogens (tertiary/aromatic N) is 6. The van der Waals surface area contributed by atoms with Gasteiger partial charge in [0.25, 0.3) is 0 Å². The number of carboxylic acid groups (broad SMARTS) is 1. The first-order valence-electron chi connectivity index (χ1n) is 10.9. The zero-order chi connectivity index (χ0) is 25.1. The molecule has 11 heteroatoms. The summed E-state index contributed by atoms with van der Waals surface area (Å²) in [4.78, 5) is 21.5. The first-order chi connectivity index (χ1) is 16.7. The number of aliphatic carboxylic acids is 1. The van der Waals surface area contributed by atoms with Crippen LogP contribution in [-0.2, 0) is 11.3 Å². The predicted molar refractivity (Wildman–Crippen MR) is 123 cm³/mol. The van der Waals surface area contributed by atoms with E-state index < -0.39 is 17.7 Å². The van der Waals surface area contributed by atoms with Gasteiger partial charge < -0.3 is 14.5 Å². The van der Waals surface area contributed by atoms with Crippen LogP contribution in [-0.4, -0.2) is 49.6 Å². The molecule has 0 fully saturated rings. The van der Waals surface area contributed by atoms with E-state index in [4.69, 9.17) is 4.52 Å². The lowest BCUT2D eigenvalue weighted by Gasteiger charge is -2.25. The summed E-state index contributed by atoms with van der Waals surface area (Å²) in [7, 11) is 1.57. The van der Waals surface area contributed by atoms with E-state index in [0.717, 1.165) is 6.20 Å². The maximum absolute atomic E-state index is 14.6. The number of carbonyl (C=O) groups is 1. The van der Waals surface area contributed by atoms with E-state index in [0.29, 0.717) is 22.6 Å². The van der Waals surface area contributed by atoms with Crippen molar-refractivity contribution in [3.63, 3.8) is 0 Å². The third-order valence-electron chi connectivity index (χ3n) is 5.67. The molecule has 0 radical (unpaired) electrons. The highest BCUT2D eigenvalue weighted by Gasteiger charge is 2.26. The average Bonchev–Trinajstić information content (AvgIpc) is 3.49. The number of benzene rings is 1. The van der Waals surface area contributed by atoms with Crippen molar-refractivity contribution in [1.29, 1.82) is 0 Å². The van der Waals surface area contributed by atoms with Crippen molar-refractivity contribution < 1.29 is 23.2 Å². The van der Waals surface area contributed by atoms with Crippen LogP contribution in [0.15, 0.2) is 53.4 Å². The van der Waals surface area contributed by atoms with Gasteiger partial charge >= 0.3 is 5.97 Å². The minimum absolute atomic E-state index is 0.0476. The smallest absolute Gasteiger partial charge is 0.308 e. The second-order valence-electron chi connectivity index (χ2n) is 8.48. The Hall–Kier alpha value is -4.15. The van der Waals surface area contributed by atoms with Crippen LogP contribution >= 0.6 is 0 Å². The Bertz CT molecular complexity index is 1320. The molecule has 0 aliphatic carbocycles. The SMILES string of the molecule is CC(C)C(CN(C)c1nc(-c2cc(-c3ccon3)n(Cc3ccccc3F)n2)ncc1F)C(=O)O. The summed E-state index contributed by atoms with van der Waals surface area (Å²) in [6.45, 7) is 3.76. The largest absolute Gasteiger partial charge is 0.481 e. The number of carboxylic acids is 1. The Balaban J connectivity index is 1.71. The van der Waals surface area contributed by atoms with Gasteiger partial charge in [0.15, 0.2) is 17.5 Å². The van der Waals surface area contributed by atoms with Crippen LogP contribution in [0.5, 0.6) is 0 Å². The van der Waals surface area contributed by atoms with E-state index in [1.54, 1.807) is 55.9 Å². The Kier molecular flexibility index (Phi) is 6.85. The topological polar surface area (TPSA) is 110 Å². The van der Waals surface area contributed by atoms with Crippen LogP contribution in [0.1, 0.15) is 19.4 Å². The van der Waals surface area contributed by atoms with Crippen molar-refractivity contribution in [3.05, 3.63) is 66.1 Å². The van der Waals surface area contributed by atoms with Gasteiger partial charge in [-0.3, -0.25) is 9.48 Å². The molecule has 1 aromatic carbocycles. The van der Waals surface area contributed by atoms with E-state index in [1.165, 1.54) is 17.2 Å². The molecular weight excluding hydrogens is 458 g/mol. The molecule has 4 rings (SSSR count). The summed E-state index contributed by atoms with van der Waals surface area (Å²) in [6.07, 6.45) is 2.43. The van der Waals surface area contributed by atoms with Crippen molar-refractivity contribution in [2.75, 3.05) is 18.5 Å². The number of hydrogen-bond donors (Lipinski definition) is 1. The lowest BCUT2D eigenvalue weighted by Crippen LogP contribution is -2.34. The molecule has 1 unspecified atom stereocenters. The fourth-order valence-electron chi connectivity index (χ4n) is 3.69. The third kappa shape index (κ3) is 5.18. The summed E-state index contributed by atoms with van der Waals surface area (Å²) >= 11 is 0. The van der Waals surface area contributed by atoms with Gasteiger partial charge in [-0.1, -0.05) is 37.2 Å². The first-order valence-corrected chi connectivity index (χ1v) is 10.9. The van der Waals surface area contributed by atoms with Gasteiger partial charge in [-0.2, -0.15) is 5.10 Å². The summed E-state index contributed by atoms with van der Waals surface area (Å²) in [6, 6.07) is 9.64. The molecule has 1 atom stereocenters. The molecule has 0 saturated carbocycles. The number of halogens is 2. The van der Waals surface area contributed by atoms with Crippen LogP contribution in [0, 0.1) is 23.5 Å². The van der Waals surface area contributed by atoms with Gasteiger partial charge in [-0.05, 0) is 18.1 Å². The standard InChI is InChI=1S/C24H24F2N6O3/c1-14(2)16(24(33)34)13-31(3)23-18(26)11-27-22(28-23)20-10-21(19-8-9-35-30-19)32(29-20)12-15-6-4-5-7-17(15)25/h4-11,14,16H,12-13H2,1-3H3,(H,33,34). The maximum atomic E-state index is 14.6. The molecule has 1 N–H and O–H groups in total. The normalized spacial score (nSPS) is 12.2. The molecular formula is C24H24F2N6O3. The summed E-state index contributed by atoms with van der Waals surface area (Å²) < 4.78 is 35.4. The second kappa shape index (κ2) is 10.00. The lowest BCUT2D eigenvalue weighted by atomic mass is 9.95. The molecule has 3 aromatic heterocycles. The van der Waals surface area contributed by atoms with Gasteiger partial charge in [0, 0.05) is 25.2 Å². The molecule has 3 heterocycles. The van der Waals surface area contributed by atoms with Crippen LogP contribution in [0.4, 0.5) is 14.6 Å². The minimum Gasteiger partial charge on any atom is -0.481 e. The quantitative estimate of drug-likeness (QED) is 0.379. The molecule has 0 aliphatic heterocycles. The monoisotopic (exact) mass is 482 g/mol. The lowest BCUT2D eigenvalue weighted by molar-refractivity contribution is -0.142. The number of rotatable bonds is 9. The highest BCUT2D eigenvalue weighted by Crippen LogP contribution is 2.27. The number of anilines is 1. The van der Waals surface area contributed by atoms with Gasteiger partial charge in [0.2, 0.25) is 0 Å². The average molecular weight is 482 g/mol. The Morgan fingerprint density at radius 1 is 1.17 bits per heavy atom. The molecule has 0 spiro atoms. The van der Waals surface area contributed by atoms with Crippen molar-refractivity contribution in [2.24, 2.45) is 11.8 Å².